The van der Waals surface area contributed by atoms with Crippen molar-refractivity contribution in [1.82, 2.24) is 4.90 Å². The van der Waals surface area contributed by atoms with E-state index < -0.39 is 77.8 Å². The normalized spacial score (nSPS) is 35.8. The predicted molar refractivity (Wildman–Crippen MR) is 259 cm³/mol. The molecule has 3 fully saturated rings. The zero-order valence-electron chi connectivity index (χ0n) is 42.2. The van der Waals surface area contributed by atoms with Gasteiger partial charge in [-0.1, -0.05) is 63.6 Å². The van der Waals surface area contributed by atoms with Gasteiger partial charge in [0.15, 0.2) is 0 Å². The second kappa shape index (κ2) is 24.6. The monoisotopic (exact) mass is 960 g/mol. The number of methoxy groups -OCH3 is 3. The molecule has 2 saturated heterocycles. The maximum Gasteiger partial charge on any atom is 0.329 e. The molecule has 2 aromatic rings. The van der Waals surface area contributed by atoms with Crippen LogP contribution in [0.5, 0.6) is 17.2 Å². The Hall–Kier alpha value is -4.44. The number of ketones is 2. The van der Waals surface area contributed by atoms with Gasteiger partial charge in [0.1, 0.15) is 47.4 Å². The molecule has 2 bridgehead atoms. The largest absolute Gasteiger partial charge is 0.488 e. The summed E-state index contributed by atoms with van der Waals surface area (Å²) in [5.41, 5.74) is 1.67. The van der Waals surface area contributed by atoms with Crippen LogP contribution in [0.25, 0.3) is 0 Å². The fraction of sp³-hybridized carbons (Fsp3) is 0.636. The van der Waals surface area contributed by atoms with Gasteiger partial charge in [-0.05, 0) is 132 Å². The summed E-state index contributed by atoms with van der Waals surface area (Å²) < 4.78 is 42.9. The van der Waals surface area contributed by atoms with Crippen LogP contribution in [0.3, 0.4) is 0 Å². The maximum atomic E-state index is 14.6. The van der Waals surface area contributed by atoms with Gasteiger partial charge in [0.2, 0.25) is 5.79 Å². The number of carbonyl (C=O) groups excluding carboxylic acids is 4. The Kier molecular flexibility index (Phi) is 19.2. The van der Waals surface area contributed by atoms with Crippen LogP contribution in [0.4, 0.5) is 0 Å². The van der Waals surface area contributed by atoms with Crippen molar-refractivity contribution in [3.05, 3.63) is 77.9 Å². The summed E-state index contributed by atoms with van der Waals surface area (Å²) >= 11 is 0. The smallest absolute Gasteiger partial charge is 0.329 e. The van der Waals surface area contributed by atoms with Gasteiger partial charge in [-0.3, -0.25) is 14.4 Å². The van der Waals surface area contributed by atoms with E-state index in [2.05, 4.69) is 13.0 Å². The topological polar surface area (TPSA) is 177 Å². The van der Waals surface area contributed by atoms with Gasteiger partial charge in [0.05, 0.1) is 24.4 Å². The molecule has 69 heavy (non-hydrogen) atoms. The van der Waals surface area contributed by atoms with Crippen LogP contribution in [0.15, 0.2) is 77.9 Å². The number of ether oxygens (including phenoxy) is 7. The molecule has 14 atom stereocenters. The first-order valence-electron chi connectivity index (χ1n) is 25.1. The minimum Gasteiger partial charge on any atom is -0.488 e. The molecule has 1 aliphatic carbocycles. The number of rotatable bonds is 10. The van der Waals surface area contributed by atoms with Gasteiger partial charge in [-0.2, -0.15) is 0 Å². The highest BCUT2D eigenvalue weighted by atomic mass is 16.7. The first-order chi connectivity index (χ1) is 33.0. The van der Waals surface area contributed by atoms with Crippen molar-refractivity contribution in [1.29, 1.82) is 0 Å². The van der Waals surface area contributed by atoms with Gasteiger partial charge >= 0.3 is 5.97 Å². The van der Waals surface area contributed by atoms with Crippen LogP contribution in [0.1, 0.15) is 112 Å². The van der Waals surface area contributed by atoms with Crippen molar-refractivity contribution in [2.75, 3.05) is 27.9 Å². The third kappa shape index (κ3) is 13.3. The average molecular weight is 960 g/mol. The first kappa shape index (κ1) is 53.9. The summed E-state index contributed by atoms with van der Waals surface area (Å²) in [6, 6.07) is 15.9. The van der Waals surface area contributed by atoms with Crippen molar-refractivity contribution >= 4 is 23.4 Å². The molecule has 2 N–H and O–H groups in total. The molecular weight excluding hydrogens is 883 g/mol. The highest BCUT2D eigenvalue weighted by Crippen LogP contribution is 2.40. The van der Waals surface area contributed by atoms with E-state index >= 15 is 0 Å². The standard InChI is InChI=1S/C55H77NO13/c1-10-39-27-33(2)26-34(3)28-48(64-8)51-49(65-9)30-36(5)55(62,69-51)52(59)53(60)56-25-15-14-18-43(56)54(61)68-50(37(6)44(57)32-45(39)58)35(4)29-38-19-24-46(47(31-38)63-7)67-42-22-20-41(21-23-42)66-40-16-12-11-13-17-40/h11-13,16-17,20-23,27,29,34,36-39,43-44,46-51,57,62H,10,14-15,18-19,24-26,28,30-32H2,1-9H3/b33-27+,35-29?. The Morgan fingerprint density at radius 2 is 1.46 bits per heavy atom. The number of piperidine rings is 1. The number of amides is 1. The fourth-order valence-electron chi connectivity index (χ4n) is 10.9. The number of esters is 1. The van der Waals surface area contributed by atoms with Crippen LogP contribution in [-0.2, 0) is 42.9 Å². The van der Waals surface area contributed by atoms with Crippen LogP contribution >= 0.6 is 0 Å². The third-order valence-electron chi connectivity index (χ3n) is 15.0. The molecule has 3 heterocycles. The molecule has 0 radical (unpaired) electrons. The van der Waals surface area contributed by atoms with Gasteiger partial charge in [-0.15, -0.1) is 0 Å². The van der Waals surface area contributed by atoms with E-state index in [-0.39, 0.29) is 55.6 Å². The second-order valence-corrected chi connectivity index (χ2v) is 20.1. The number of cyclic esters (lactones) is 1. The van der Waals surface area contributed by atoms with Crippen molar-refractivity contribution in [2.24, 2.45) is 29.6 Å². The van der Waals surface area contributed by atoms with Crippen LogP contribution in [-0.4, -0.2) is 121 Å². The number of benzene rings is 2. The lowest BCUT2D eigenvalue weighted by molar-refractivity contribution is -0.302. The summed E-state index contributed by atoms with van der Waals surface area (Å²) in [7, 11) is 4.74. The van der Waals surface area contributed by atoms with Gasteiger partial charge in [-0.25, -0.2) is 4.79 Å². The number of carbonyl (C=O) groups is 4. The molecule has 0 spiro atoms. The molecule has 14 nitrogen and oxygen atoms in total. The molecule has 2 aromatic carbocycles. The third-order valence-corrected chi connectivity index (χ3v) is 15.0. The maximum absolute atomic E-state index is 14.6. The van der Waals surface area contributed by atoms with E-state index in [9.17, 15) is 29.4 Å². The number of Topliss-reactive ketones (excluding diaryl/α,β-unsaturated/α-hetero) is 2. The van der Waals surface area contributed by atoms with E-state index in [1.54, 1.807) is 21.0 Å². The number of nitrogens with zero attached hydrogens (tertiary/aromatic N) is 1. The fourth-order valence-corrected chi connectivity index (χ4v) is 10.9. The summed E-state index contributed by atoms with van der Waals surface area (Å²) in [6.07, 6.45) is 4.38. The second-order valence-electron chi connectivity index (χ2n) is 20.1. The number of hydrogen-bond acceptors (Lipinski definition) is 13. The van der Waals surface area contributed by atoms with Crippen molar-refractivity contribution in [2.45, 2.75) is 167 Å². The van der Waals surface area contributed by atoms with Gasteiger partial charge in [0.25, 0.3) is 11.7 Å². The zero-order chi connectivity index (χ0) is 50.0. The Bertz CT molecular complexity index is 2090. The molecule has 3 aliphatic heterocycles. The SMILES string of the molecule is CCC1/C=C(\C)CC(C)CC(OC)C2OC(O)(C(=O)C(=O)N3CCCCC3C(=O)OC(C(C)=CC3CCC(Oc4ccc(Oc5ccccc5)cc4)C(OC)C3)C(C)C(O)CC1=O)C(C)CC2OC. The summed E-state index contributed by atoms with van der Waals surface area (Å²) in [5, 5.41) is 24.0. The molecule has 1 saturated carbocycles. The summed E-state index contributed by atoms with van der Waals surface area (Å²) in [5.74, 6) is -5.45. The molecule has 14 unspecified atom stereocenters. The van der Waals surface area contributed by atoms with E-state index in [1.807, 2.05) is 81.4 Å². The lowest BCUT2D eigenvalue weighted by Gasteiger charge is -2.47. The van der Waals surface area contributed by atoms with Crippen LogP contribution in [0.2, 0.25) is 0 Å². The molecule has 380 valence electrons. The highest BCUT2D eigenvalue weighted by Gasteiger charge is 2.56. The van der Waals surface area contributed by atoms with E-state index in [0.717, 1.165) is 17.7 Å². The van der Waals surface area contributed by atoms with E-state index in [1.165, 1.54) is 19.1 Å². The Labute approximate surface area is 409 Å². The Morgan fingerprint density at radius 3 is 2.13 bits per heavy atom. The number of aliphatic hydroxyl groups excluding tert-OH is 1. The Morgan fingerprint density at radius 1 is 0.812 bits per heavy atom. The number of para-hydroxylation sites is 1. The molecule has 0 aromatic heterocycles. The lowest BCUT2D eigenvalue weighted by atomic mass is 9.81. The van der Waals surface area contributed by atoms with Crippen LogP contribution < -0.4 is 9.47 Å². The van der Waals surface area contributed by atoms with E-state index in [4.69, 9.17) is 33.2 Å². The minimum absolute atomic E-state index is 0.00548. The molecule has 14 heteroatoms. The van der Waals surface area contributed by atoms with Gasteiger partial charge < -0.3 is 48.3 Å². The lowest BCUT2D eigenvalue weighted by Crippen LogP contribution is -2.64. The molecule has 4 aliphatic rings. The number of hydrogen-bond donors (Lipinski definition) is 2. The number of allylic oxidation sites excluding steroid dienone is 3. The summed E-state index contributed by atoms with van der Waals surface area (Å²) in [6.45, 7) is 11.3. The van der Waals surface area contributed by atoms with Crippen LogP contribution in [0, 0.1) is 29.6 Å². The number of aliphatic hydroxyl groups is 2. The van der Waals surface area contributed by atoms with Crippen molar-refractivity contribution < 1.29 is 62.5 Å². The van der Waals surface area contributed by atoms with Gasteiger partial charge in [0, 0.05) is 52.0 Å². The first-order valence-corrected chi connectivity index (χ1v) is 25.1. The zero-order valence-corrected chi connectivity index (χ0v) is 42.2. The van der Waals surface area contributed by atoms with E-state index in [0.29, 0.717) is 62.0 Å². The quantitative estimate of drug-likeness (QED) is 0.132. The Balaban J connectivity index is 1.26. The highest BCUT2D eigenvalue weighted by molar-refractivity contribution is 6.39. The minimum atomic E-state index is -2.52. The molecular formula is C55H77NO13. The van der Waals surface area contributed by atoms with Crippen molar-refractivity contribution in [3.8, 4) is 17.2 Å². The molecule has 1 amide bonds. The predicted octanol–water partition coefficient (Wildman–Crippen LogP) is 8.35. The van der Waals surface area contributed by atoms with Crippen molar-refractivity contribution in [3.63, 3.8) is 0 Å². The number of fused-ring (bicyclic) bond motifs is 3. The average Bonchev–Trinajstić information content (AvgIpc) is 3.34. The summed E-state index contributed by atoms with van der Waals surface area (Å²) in [4.78, 5) is 58.6. The molecule has 6 rings (SSSR count).